The number of hydrazine groups is 1. The third-order valence-electron chi connectivity index (χ3n) is 5.44. The van der Waals surface area contributed by atoms with Crippen LogP contribution in [-0.2, 0) is 6.42 Å². The molecule has 6 heteroatoms. The molecule has 5 nitrogen and oxygen atoms in total. The van der Waals surface area contributed by atoms with E-state index in [0.29, 0.717) is 31.0 Å². The molecule has 0 bridgehead atoms. The Bertz CT molecular complexity index is 946. The zero-order chi connectivity index (χ0) is 22.4. The molecule has 1 fully saturated rings. The summed E-state index contributed by atoms with van der Waals surface area (Å²) in [4.78, 5) is 12.0. The lowest BCUT2D eigenvalue weighted by Gasteiger charge is -2.26. The summed E-state index contributed by atoms with van der Waals surface area (Å²) in [5.74, 6) is 6.19. The highest BCUT2D eigenvalue weighted by molar-refractivity contribution is 5.94. The Hall–Kier alpha value is -3.12. The van der Waals surface area contributed by atoms with Crippen molar-refractivity contribution in [3.63, 3.8) is 0 Å². The van der Waals surface area contributed by atoms with Crippen LogP contribution in [0.5, 0.6) is 0 Å². The van der Waals surface area contributed by atoms with Crippen molar-refractivity contribution in [2.75, 3.05) is 11.6 Å². The number of nitrogens with two attached hydrogens (primary N) is 1. The molecule has 0 aromatic heterocycles. The first-order valence-electron chi connectivity index (χ1n) is 10.7. The van der Waals surface area contributed by atoms with Gasteiger partial charge in [-0.25, -0.2) is 10.2 Å². The van der Waals surface area contributed by atoms with Crippen molar-refractivity contribution in [1.82, 2.24) is 10.6 Å². The summed E-state index contributed by atoms with van der Waals surface area (Å²) in [6, 6.07) is 14.2. The topological polar surface area (TPSA) is 70.4 Å². The number of aryl methyl sites for hydroxylation is 1. The van der Waals surface area contributed by atoms with Gasteiger partial charge in [-0.1, -0.05) is 18.7 Å². The van der Waals surface area contributed by atoms with Crippen LogP contribution < -0.4 is 21.5 Å². The SMILES string of the molecule is C=C(NC1CC1)/C(C)=C(\CCc1ccc(F)cc1)N(N)c1ccc(C(=O)NCC)cc1. The third kappa shape index (κ3) is 6.18. The molecule has 31 heavy (non-hydrogen) atoms. The minimum atomic E-state index is -0.245. The molecule has 0 aliphatic heterocycles. The van der Waals surface area contributed by atoms with E-state index in [1.165, 1.54) is 12.1 Å². The Balaban J connectivity index is 1.82. The van der Waals surface area contributed by atoms with Crippen molar-refractivity contribution in [3.05, 3.63) is 89.0 Å². The highest BCUT2D eigenvalue weighted by Gasteiger charge is 2.23. The number of hydrogen-bond donors (Lipinski definition) is 3. The van der Waals surface area contributed by atoms with Crippen molar-refractivity contribution < 1.29 is 9.18 Å². The maximum Gasteiger partial charge on any atom is 0.251 e. The van der Waals surface area contributed by atoms with E-state index in [-0.39, 0.29) is 11.7 Å². The number of carbonyl (C=O) groups is 1. The molecule has 164 valence electrons. The molecule has 4 N–H and O–H groups in total. The zero-order valence-electron chi connectivity index (χ0n) is 18.2. The van der Waals surface area contributed by atoms with Crippen LogP contribution in [0.15, 0.2) is 72.1 Å². The van der Waals surface area contributed by atoms with Gasteiger partial charge in [0.15, 0.2) is 0 Å². The van der Waals surface area contributed by atoms with Crippen molar-refractivity contribution in [1.29, 1.82) is 0 Å². The van der Waals surface area contributed by atoms with Crippen LogP contribution in [0.25, 0.3) is 0 Å². The molecular weight excluding hydrogens is 391 g/mol. The Morgan fingerprint density at radius 2 is 1.81 bits per heavy atom. The van der Waals surface area contributed by atoms with Crippen molar-refractivity contribution >= 4 is 11.6 Å². The van der Waals surface area contributed by atoms with Crippen LogP contribution in [-0.4, -0.2) is 18.5 Å². The fraction of sp³-hybridized carbons (Fsp3) is 0.320. The summed E-state index contributed by atoms with van der Waals surface area (Å²) < 4.78 is 13.2. The lowest BCUT2D eigenvalue weighted by molar-refractivity contribution is 0.0956. The molecule has 0 spiro atoms. The highest BCUT2D eigenvalue weighted by atomic mass is 19.1. The number of halogens is 1. The van der Waals surface area contributed by atoms with E-state index >= 15 is 0 Å². The van der Waals surface area contributed by atoms with E-state index in [9.17, 15) is 9.18 Å². The van der Waals surface area contributed by atoms with E-state index in [1.54, 1.807) is 29.3 Å². The molecule has 0 heterocycles. The Labute approximate surface area is 183 Å². The summed E-state index contributed by atoms with van der Waals surface area (Å²) in [5, 5.41) is 7.89. The molecule has 1 saturated carbocycles. The third-order valence-corrected chi connectivity index (χ3v) is 5.44. The first-order valence-corrected chi connectivity index (χ1v) is 10.7. The molecule has 1 aliphatic carbocycles. The summed E-state index contributed by atoms with van der Waals surface area (Å²) in [6.07, 6.45) is 3.70. The van der Waals surface area contributed by atoms with Crippen LogP contribution >= 0.6 is 0 Å². The second-order valence-corrected chi connectivity index (χ2v) is 7.87. The normalized spacial score (nSPS) is 13.9. The van der Waals surface area contributed by atoms with Crippen LogP contribution in [0.1, 0.15) is 49.0 Å². The molecule has 2 aromatic carbocycles. The molecule has 0 unspecified atom stereocenters. The first kappa shape index (κ1) is 22.6. The highest BCUT2D eigenvalue weighted by Crippen LogP contribution is 2.27. The lowest BCUT2D eigenvalue weighted by atomic mass is 10.0. The number of carbonyl (C=O) groups excluding carboxylic acids is 1. The zero-order valence-corrected chi connectivity index (χ0v) is 18.2. The largest absolute Gasteiger partial charge is 0.383 e. The minimum Gasteiger partial charge on any atom is -0.383 e. The van der Waals surface area contributed by atoms with Crippen molar-refractivity contribution in [2.45, 2.75) is 45.6 Å². The quantitative estimate of drug-likeness (QED) is 0.301. The first-order chi connectivity index (χ1) is 14.9. The van der Waals surface area contributed by atoms with Gasteiger partial charge in [-0.15, -0.1) is 0 Å². The molecule has 3 rings (SSSR count). The lowest BCUT2D eigenvalue weighted by Crippen LogP contribution is -2.32. The predicted octanol–water partition coefficient (Wildman–Crippen LogP) is 4.43. The van der Waals surface area contributed by atoms with Gasteiger partial charge in [-0.3, -0.25) is 9.80 Å². The van der Waals surface area contributed by atoms with Gasteiger partial charge >= 0.3 is 0 Å². The molecule has 1 aliphatic rings. The van der Waals surface area contributed by atoms with Crippen LogP contribution in [0.4, 0.5) is 10.1 Å². The van der Waals surface area contributed by atoms with Gasteiger partial charge in [-0.05, 0) is 87.1 Å². The number of nitrogens with zero attached hydrogens (tertiary/aromatic N) is 1. The molecule has 0 radical (unpaired) electrons. The van der Waals surface area contributed by atoms with E-state index in [1.807, 2.05) is 26.0 Å². The van der Waals surface area contributed by atoms with Gasteiger partial charge in [-0.2, -0.15) is 0 Å². The number of anilines is 1. The van der Waals surface area contributed by atoms with E-state index in [0.717, 1.165) is 41.1 Å². The second kappa shape index (κ2) is 10.3. The maximum absolute atomic E-state index is 13.2. The average molecular weight is 423 g/mol. The summed E-state index contributed by atoms with van der Waals surface area (Å²) in [6.45, 7) is 8.68. The van der Waals surface area contributed by atoms with Gasteiger partial charge in [0.1, 0.15) is 5.82 Å². The average Bonchev–Trinajstić information content (AvgIpc) is 3.59. The van der Waals surface area contributed by atoms with Crippen molar-refractivity contribution in [2.24, 2.45) is 5.84 Å². The Kier molecular flexibility index (Phi) is 7.47. The van der Waals surface area contributed by atoms with Gasteiger partial charge in [0, 0.05) is 29.5 Å². The smallest absolute Gasteiger partial charge is 0.251 e. The summed E-state index contributed by atoms with van der Waals surface area (Å²) in [7, 11) is 0. The van der Waals surface area contributed by atoms with Gasteiger partial charge in [0.2, 0.25) is 0 Å². The number of benzene rings is 2. The summed E-state index contributed by atoms with van der Waals surface area (Å²) in [5.41, 5.74) is 5.18. The fourth-order valence-electron chi connectivity index (χ4n) is 3.35. The number of rotatable bonds is 10. The van der Waals surface area contributed by atoms with E-state index in [4.69, 9.17) is 5.84 Å². The van der Waals surface area contributed by atoms with E-state index in [2.05, 4.69) is 17.2 Å². The Morgan fingerprint density at radius 1 is 1.16 bits per heavy atom. The van der Waals surface area contributed by atoms with Gasteiger partial charge < -0.3 is 10.6 Å². The van der Waals surface area contributed by atoms with Crippen LogP contribution in [0.2, 0.25) is 0 Å². The number of hydrogen-bond acceptors (Lipinski definition) is 4. The molecule has 0 atom stereocenters. The minimum absolute atomic E-state index is 0.108. The molecular formula is C25H31FN4O. The standard InChI is InChI=1S/C25H31FN4O/c1-4-28-25(31)20-8-14-23(15-9-20)30(27)24(17(2)18(3)29-22-12-13-22)16-7-19-5-10-21(26)11-6-19/h5-6,8-11,14-15,22,29H,3-4,7,12-13,16,27H2,1-2H3,(H,28,31)/b24-17+. The van der Waals surface area contributed by atoms with E-state index < -0.39 is 0 Å². The Morgan fingerprint density at radius 3 is 2.39 bits per heavy atom. The fourth-order valence-corrected chi connectivity index (χ4v) is 3.35. The monoisotopic (exact) mass is 422 g/mol. The number of nitrogens with one attached hydrogen (secondary N) is 2. The van der Waals surface area contributed by atoms with Crippen LogP contribution in [0.3, 0.4) is 0 Å². The second-order valence-electron chi connectivity index (χ2n) is 7.87. The molecule has 0 saturated heterocycles. The number of amides is 1. The summed E-state index contributed by atoms with van der Waals surface area (Å²) >= 11 is 0. The van der Waals surface area contributed by atoms with Gasteiger partial charge in [0.25, 0.3) is 5.91 Å². The van der Waals surface area contributed by atoms with Crippen molar-refractivity contribution in [3.8, 4) is 0 Å². The molecule has 1 amide bonds. The predicted molar refractivity (Wildman–Crippen MR) is 124 cm³/mol. The maximum atomic E-state index is 13.2. The van der Waals surface area contributed by atoms with Gasteiger partial charge in [0.05, 0.1) is 5.69 Å². The number of allylic oxidation sites excluding steroid dienone is 2. The van der Waals surface area contributed by atoms with Crippen LogP contribution in [0, 0.1) is 5.82 Å². The molecule has 2 aromatic rings.